The largest absolute Gasteiger partial charge is 0.338 e. The first-order valence-electron chi connectivity index (χ1n) is 5.65. The van der Waals surface area contributed by atoms with Crippen molar-refractivity contribution in [2.75, 3.05) is 0 Å². The Morgan fingerprint density at radius 3 is 2.41 bits per heavy atom. The van der Waals surface area contributed by atoms with Gasteiger partial charge in [0.05, 0.1) is 6.54 Å². The normalized spacial score (nSPS) is 10.9. The second kappa shape index (κ2) is 4.30. The third kappa shape index (κ3) is 1.96. The van der Waals surface area contributed by atoms with Crippen LogP contribution in [0.4, 0.5) is 0 Å². The number of nitrogens with zero attached hydrogens (tertiary/aromatic N) is 2. The van der Waals surface area contributed by atoms with Gasteiger partial charge in [-0.2, -0.15) is 4.98 Å². The van der Waals surface area contributed by atoms with Gasteiger partial charge in [0, 0.05) is 5.56 Å². The fourth-order valence-corrected chi connectivity index (χ4v) is 1.89. The molecule has 0 unspecified atom stereocenters. The Morgan fingerprint density at radius 1 is 1.12 bits per heavy atom. The van der Waals surface area contributed by atoms with Crippen molar-refractivity contribution in [2.24, 2.45) is 5.73 Å². The molecule has 0 radical (unpaired) electrons. The van der Waals surface area contributed by atoms with E-state index in [1.165, 1.54) is 22.3 Å². The van der Waals surface area contributed by atoms with E-state index < -0.39 is 0 Å². The Kier molecular flexibility index (Phi) is 2.98. The molecule has 0 amide bonds. The number of nitrogens with two attached hydrogens (primary N) is 1. The average Bonchev–Trinajstić information content (AvgIpc) is 2.79. The third-order valence-electron chi connectivity index (χ3n) is 3.36. The molecule has 0 aliphatic heterocycles. The Bertz CT molecular complexity index is 558. The highest BCUT2D eigenvalue weighted by Gasteiger charge is 2.13. The SMILES string of the molecule is Cc1cc(-c2noc(CN)n2)c(C)c(C)c1C. The quantitative estimate of drug-likeness (QED) is 0.862. The zero-order valence-electron chi connectivity index (χ0n) is 10.7. The van der Waals surface area contributed by atoms with Crippen molar-refractivity contribution in [3.63, 3.8) is 0 Å². The molecule has 1 aromatic heterocycles. The maximum absolute atomic E-state index is 5.47. The molecule has 2 aromatic rings. The summed E-state index contributed by atoms with van der Waals surface area (Å²) < 4.78 is 5.05. The van der Waals surface area contributed by atoms with E-state index in [1.54, 1.807) is 0 Å². The number of aromatic nitrogens is 2. The van der Waals surface area contributed by atoms with Gasteiger partial charge in [-0.05, 0) is 56.0 Å². The van der Waals surface area contributed by atoms with Gasteiger partial charge in [-0.1, -0.05) is 5.16 Å². The van der Waals surface area contributed by atoms with Crippen LogP contribution in [0.15, 0.2) is 10.6 Å². The smallest absolute Gasteiger partial charge is 0.240 e. The van der Waals surface area contributed by atoms with Crippen LogP contribution in [0.3, 0.4) is 0 Å². The van der Waals surface area contributed by atoms with Crippen LogP contribution in [0, 0.1) is 27.7 Å². The molecule has 17 heavy (non-hydrogen) atoms. The molecule has 1 heterocycles. The monoisotopic (exact) mass is 231 g/mol. The topological polar surface area (TPSA) is 64.9 Å². The highest BCUT2D eigenvalue weighted by Crippen LogP contribution is 2.27. The van der Waals surface area contributed by atoms with Gasteiger partial charge in [-0.15, -0.1) is 0 Å². The minimum atomic E-state index is 0.274. The fraction of sp³-hybridized carbons (Fsp3) is 0.385. The van der Waals surface area contributed by atoms with Gasteiger partial charge < -0.3 is 10.3 Å². The van der Waals surface area contributed by atoms with Crippen molar-refractivity contribution >= 4 is 0 Å². The summed E-state index contributed by atoms with van der Waals surface area (Å²) in [5.74, 6) is 1.09. The zero-order valence-corrected chi connectivity index (χ0v) is 10.7. The molecule has 0 saturated heterocycles. The van der Waals surface area contributed by atoms with Gasteiger partial charge in [0.2, 0.25) is 11.7 Å². The molecule has 4 nitrogen and oxygen atoms in total. The Hall–Kier alpha value is -1.68. The van der Waals surface area contributed by atoms with E-state index in [9.17, 15) is 0 Å². The van der Waals surface area contributed by atoms with Crippen LogP contribution in [0.25, 0.3) is 11.4 Å². The van der Waals surface area contributed by atoms with Gasteiger partial charge in [0.15, 0.2) is 0 Å². The summed E-state index contributed by atoms with van der Waals surface area (Å²) in [7, 11) is 0. The minimum Gasteiger partial charge on any atom is -0.338 e. The first-order valence-corrected chi connectivity index (χ1v) is 5.65. The summed E-state index contributed by atoms with van der Waals surface area (Å²) in [4.78, 5) is 4.27. The molecule has 1 aromatic carbocycles. The van der Waals surface area contributed by atoms with Gasteiger partial charge in [-0.3, -0.25) is 0 Å². The second-order valence-corrected chi connectivity index (χ2v) is 4.33. The van der Waals surface area contributed by atoms with E-state index in [1.807, 2.05) is 0 Å². The molecule has 90 valence electrons. The summed E-state index contributed by atoms with van der Waals surface area (Å²) in [6.45, 7) is 8.69. The average molecular weight is 231 g/mol. The van der Waals surface area contributed by atoms with Crippen LogP contribution < -0.4 is 5.73 Å². The van der Waals surface area contributed by atoms with Crippen LogP contribution in [0.1, 0.15) is 28.1 Å². The van der Waals surface area contributed by atoms with Gasteiger partial charge >= 0.3 is 0 Å². The molecule has 0 saturated carbocycles. The summed E-state index contributed by atoms with van der Waals surface area (Å²) in [6, 6.07) is 2.10. The van der Waals surface area contributed by atoms with Crippen molar-refractivity contribution in [3.05, 3.63) is 34.2 Å². The number of aryl methyl sites for hydroxylation is 1. The Balaban J connectivity index is 2.59. The van der Waals surface area contributed by atoms with Gasteiger partial charge in [-0.25, -0.2) is 0 Å². The lowest BCUT2D eigenvalue weighted by atomic mass is 9.94. The van der Waals surface area contributed by atoms with Crippen LogP contribution in [-0.4, -0.2) is 10.1 Å². The molecule has 2 rings (SSSR count). The van der Waals surface area contributed by atoms with Crippen LogP contribution in [0.5, 0.6) is 0 Å². The van der Waals surface area contributed by atoms with Crippen molar-refractivity contribution in [3.8, 4) is 11.4 Å². The van der Waals surface area contributed by atoms with Gasteiger partial charge in [0.25, 0.3) is 0 Å². The van der Waals surface area contributed by atoms with E-state index in [0.717, 1.165) is 5.56 Å². The molecule has 0 spiro atoms. The lowest BCUT2D eigenvalue weighted by Gasteiger charge is -2.11. The van der Waals surface area contributed by atoms with Crippen LogP contribution in [0.2, 0.25) is 0 Å². The third-order valence-corrected chi connectivity index (χ3v) is 3.36. The standard InChI is InChI=1S/C13H17N3O/c1-7-5-11(10(4)9(3)8(7)2)13-15-12(6-14)17-16-13/h5H,6,14H2,1-4H3. The van der Waals surface area contributed by atoms with Crippen molar-refractivity contribution < 1.29 is 4.52 Å². The predicted octanol–water partition coefficient (Wildman–Crippen LogP) is 2.43. The Morgan fingerprint density at radius 2 is 1.82 bits per heavy atom. The number of hydrogen-bond donors (Lipinski definition) is 1. The number of rotatable bonds is 2. The number of benzene rings is 1. The highest BCUT2D eigenvalue weighted by molar-refractivity contribution is 5.64. The van der Waals surface area contributed by atoms with E-state index in [-0.39, 0.29) is 6.54 Å². The maximum atomic E-state index is 5.47. The lowest BCUT2D eigenvalue weighted by molar-refractivity contribution is 0.380. The fourth-order valence-electron chi connectivity index (χ4n) is 1.89. The predicted molar refractivity (Wildman–Crippen MR) is 66.6 cm³/mol. The molecule has 0 bridgehead atoms. The van der Waals surface area contributed by atoms with Gasteiger partial charge in [0.1, 0.15) is 0 Å². The van der Waals surface area contributed by atoms with Crippen molar-refractivity contribution in [1.29, 1.82) is 0 Å². The summed E-state index contributed by atoms with van der Waals surface area (Å²) in [5.41, 5.74) is 11.5. The molecular formula is C13H17N3O. The van der Waals surface area contributed by atoms with E-state index >= 15 is 0 Å². The maximum Gasteiger partial charge on any atom is 0.240 e. The summed E-state index contributed by atoms with van der Waals surface area (Å²) in [6.07, 6.45) is 0. The summed E-state index contributed by atoms with van der Waals surface area (Å²) >= 11 is 0. The molecule has 0 atom stereocenters. The molecule has 2 N–H and O–H groups in total. The van der Waals surface area contributed by atoms with Crippen LogP contribution >= 0.6 is 0 Å². The minimum absolute atomic E-state index is 0.274. The van der Waals surface area contributed by atoms with Crippen molar-refractivity contribution in [1.82, 2.24) is 10.1 Å². The van der Waals surface area contributed by atoms with E-state index in [2.05, 4.69) is 43.9 Å². The molecule has 0 aliphatic carbocycles. The first-order chi connectivity index (χ1) is 8.04. The highest BCUT2D eigenvalue weighted by atomic mass is 16.5. The Labute approximate surface area is 101 Å². The molecule has 0 fully saturated rings. The first kappa shape index (κ1) is 11.8. The van der Waals surface area contributed by atoms with Crippen molar-refractivity contribution in [2.45, 2.75) is 34.2 Å². The number of hydrogen-bond acceptors (Lipinski definition) is 4. The molecular weight excluding hydrogens is 214 g/mol. The van der Waals surface area contributed by atoms with Crippen LogP contribution in [-0.2, 0) is 6.54 Å². The van der Waals surface area contributed by atoms with E-state index in [0.29, 0.717) is 11.7 Å². The lowest BCUT2D eigenvalue weighted by Crippen LogP contribution is -1.97. The second-order valence-electron chi connectivity index (χ2n) is 4.33. The zero-order chi connectivity index (χ0) is 12.6. The molecule has 0 aliphatic rings. The summed E-state index contributed by atoms with van der Waals surface area (Å²) in [5, 5.41) is 3.96. The molecule has 4 heteroatoms. The van der Waals surface area contributed by atoms with E-state index in [4.69, 9.17) is 10.3 Å².